The number of carbonyl (C=O) groups excluding carboxylic acids is 2. The zero-order valence-corrected chi connectivity index (χ0v) is 17.4. The number of hydrogen-bond donors (Lipinski definition) is 0. The number of benzene rings is 1. The molecule has 0 unspecified atom stereocenters. The second-order valence-corrected chi connectivity index (χ2v) is 7.69. The first kappa shape index (κ1) is 21.8. The van der Waals surface area contributed by atoms with Gasteiger partial charge in [-0.25, -0.2) is 4.98 Å². The van der Waals surface area contributed by atoms with Crippen molar-refractivity contribution in [2.45, 2.75) is 33.4 Å². The number of carbonyl (C=O) groups is 2. The minimum atomic E-state index is -4.49. The van der Waals surface area contributed by atoms with Crippen LogP contribution < -0.4 is 0 Å². The minimum absolute atomic E-state index is 0.166. The molecule has 0 aliphatic heterocycles. The monoisotopic (exact) mass is 436 g/mol. The number of aryl methyl sites for hydroxylation is 2. The van der Waals surface area contributed by atoms with Gasteiger partial charge in [0, 0.05) is 22.3 Å². The molecule has 3 rings (SSSR count). The standard InChI is InChI=1S/C21H19F3N2O3S/c1-12-11-30-20(25-12)26-13(2)7-17(14(26)3)18(27)10-29-19(28)9-15-5-4-6-16(8-15)21(22,23)24/h4-8,11H,9-10H2,1-3H3. The molecule has 0 aliphatic carbocycles. The van der Waals surface area contributed by atoms with E-state index in [4.69, 9.17) is 4.74 Å². The Labute approximate surface area is 175 Å². The lowest BCUT2D eigenvalue weighted by atomic mass is 10.1. The Morgan fingerprint density at radius 3 is 2.53 bits per heavy atom. The molecular formula is C21H19F3N2O3S. The van der Waals surface area contributed by atoms with Gasteiger partial charge in [0.2, 0.25) is 5.78 Å². The summed E-state index contributed by atoms with van der Waals surface area (Å²) < 4.78 is 45.2. The number of ether oxygens (including phenoxy) is 1. The van der Waals surface area contributed by atoms with E-state index in [-0.39, 0.29) is 17.8 Å². The third kappa shape index (κ3) is 4.79. The third-order valence-corrected chi connectivity index (χ3v) is 5.44. The predicted molar refractivity (Wildman–Crippen MR) is 106 cm³/mol. The highest BCUT2D eigenvalue weighted by atomic mass is 32.1. The fourth-order valence-electron chi connectivity index (χ4n) is 3.08. The van der Waals surface area contributed by atoms with Crippen molar-refractivity contribution in [3.05, 3.63) is 69.5 Å². The molecule has 0 aliphatic rings. The fourth-order valence-corrected chi connectivity index (χ4v) is 3.99. The first-order valence-electron chi connectivity index (χ1n) is 9.02. The van der Waals surface area contributed by atoms with Crippen LogP contribution in [0.2, 0.25) is 0 Å². The molecule has 158 valence electrons. The number of alkyl halides is 3. The van der Waals surface area contributed by atoms with Gasteiger partial charge in [0.1, 0.15) is 0 Å². The zero-order chi connectivity index (χ0) is 22.1. The maximum absolute atomic E-state index is 12.8. The summed E-state index contributed by atoms with van der Waals surface area (Å²) in [5.41, 5.74) is 2.11. The van der Waals surface area contributed by atoms with E-state index < -0.39 is 24.3 Å². The quantitative estimate of drug-likeness (QED) is 0.410. The van der Waals surface area contributed by atoms with Crippen LogP contribution in [0.3, 0.4) is 0 Å². The Balaban J connectivity index is 1.66. The number of halogens is 3. The van der Waals surface area contributed by atoms with Crippen molar-refractivity contribution in [3.63, 3.8) is 0 Å². The van der Waals surface area contributed by atoms with E-state index in [0.29, 0.717) is 11.3 Å². The van der Waals surface area contributed by atoms with Crippen molar-refractivity contribution in [1.82, 2.24) is 9.55 Å². The topological polar surface area (TPSA) is 61.2 Å². The molecule has 0 radical (unpaired) electrons. The number of hydrogen-bond acceptors (Lipinski definition) is 5. The van der Waals surface area contributed by atoms with Crippen LogP contribution in [-0.4, -0.2) is 27.9 Å². The van der Waals surface area contributed by atoms with Crippen LogP contribution in [0.4, 0.5) is 13.2 Å². The largest absolute Gasteiger partial charge is 0.457 e. The molecule has 1 aromatic carbocycles. The molecule has 0 saturated heterocycles. The molecule has 0 N–H and O–H groups in total. The Morgan fingerprint density at radius 1 is 1.17 bits per heavy atom. The summed E-state index contributed by atoms with van der Waals surface area (Å²) in [6.07, 6.45) is -4.84. The molecule has 2 heterocycles. The van der Waals surface area contributed by atoms with Gasteiger partial charge in [0.05, 0.1) is 17.7 Å². The fraction of sp³-hybridized carbons (Fsp3) is 0.286. The van der Waals surface area contributed by atoms with E-state index in [0.717, 1.165) is 28.7 Å². The van der Waals surface area contributed by atoms with Crippen molar-refractivity contribution >= 4 is 23.1 Å². The summed E-state index contributed by atoms with van der Waals surface area (Å²) in [7, 11) is 0. The predicted octanol–water partition coefficient (Wildman–Crippen LogP) is 4.85. The number of esters is 1. The first-order valence-corrected chi connectivity index (χ1v) is 9.90. The second kappa shape index (κ2) is 8.43. The molecule has 30 heavy (non-hydrogen) atoms. The van der Waals surface area contributed by atoms with Gasteiger partial charge in [-0.15, -0.1) is 11.3 Å². The van der Waals surface area contributed by atoms with Crippen molar-refractivity contribution < 1.29 is 27.5 Å². The Morgan fingerprint density at radius 2 is 1.90 bits per heavy atom. The summed E-state index contributed by atoms with van der Waals surface area (Å²) in [4.78, 5) is 29.0. The molecule has 2 aromatic heterocycles. The highest BCUT2D eigenvalue weighted by molar-refractivity contribution is 7.12. The molecule has 0 saturated carbocycles. The maximum atomic E-state index is 12.8. The minimum Gasteiger partial charge on any atom is -0.457 e. The average Bonchev–Trinajstić information content (AvgIpc) is 3.21. The lowest BCUT2D eigenvalue weighted by Crippen LogP contribution is -2.16. The number of aromatic nitrogens is 2. The number of thiazole rings is 1. The highest BCUT2D eigenvalue weighted by Gasteiger charge is 2.30. The highest BCUT2D eigenvalue weighted by Crippen LogP contribution is 2.29. The SMILES string of the molecule is Cc1csc(-n2c(C)cc(C(=O)COC(=O)Cc3cccc(C(F)(F)F)c3)c2C)n1. The zero-order valence-electron chi connectivity index (χ0n) is 16.5. The summed E-state index contributed by atoms with van der Waals surface area (Å²) >= 11 is 1.45. The smallest absolute Gasteiger partial charge is 0.416 e. The lowest BCUT2D eigenvalue weighted by molar-refractivity contribution is -0.142. The first-order chi connectivity index (χ1) is 14.1. The number of nitrogens with zero attached hydrogens (tertiary/aromatic N) is 2. The Kier molecular flexibility index (Phi) is 6.12. The van der Waals surface area contributed by atoms with Gasteiger partial charge in [-0.05, 0) is 38.5 Å². The molecule has 0 atom stereocenters. The van der Waals surface area contributed by atoms with E-state index in [1.165, 1.54) is 23.5 Å². The van der Waals surface area contributed by atoms with Crippen LogP contribution in [0.15, 0.2) is 35.7 Å². The van der Waals surface area contributed by atoms with E-state index in [2.05, 4.69) is 4.98 Å². The van der Waals surface area contributed by atoms with E-state index in [9.17, 15) is 22.8 Å². The van der Waals surface area contributed by atoms with E-state index in [1.807, 2.05) is 23.8 Å². The Hall–Kier alpha value is -2.94. The molecule has 0 amide bonds. The van der Waals surface area contributed by atoms with Gasteiger partial charge in [-0.3, -0.25) is 14.2 Å². The van der Waals surface area contributed by atoms with Crippen LogP contribution in [0, 0.1) is 20.8 Å². The molecule has 3 aromatic rings. The summed E-state index contributed by atoms with van der Waals surface area (Å²) in [6, 6.07) is 6.16. The van der Waals surface area contributed by atoms with Crippen LogP contribution in [0.5, 0.6) is 0 Å². The Bertz CT molecular complexity index is 1100. The summed E-state index contributed by atoms with van der Waals surface area (Å²) in [6.45, 7) is 5.02. The number of rotatable bonds is 6. The van der Waals surface area contributed by atoms with Gasteiger partial charge < -0.3 is 4.74 Å². The summed E-state index contributed by atoms with van der Waals surface area (Å²) in [5, 5.41) is 2.65. The molecule has 0 bridgehead atoms. The van der Waals surface area contributed by atoms with Gasteiger partial charge in [-0.2, -0.15) is 13.2 Å². The average molecular weight is 436 g/mol. The maximum Gasteiger partial charge on any atom is 0.416 e. The van der Waals surface area contributed by atoms with Gasteiger partial charge in [0.15, 0.2) is 11.7 Å². The molecular weight excluding hydrogens is 417 g/mol. The summed E-state index contributed by atoms with van der Waals surface area (Å²) in [5.74, 6) is -1.16. The van der Waals surface area contributed by atoms with Gasteiger partial charge in [-0.1, -0.05) is 18.2 Å². The van der Waals surface area contributed by atoms with Crippen LogP contribution in [0.1, 0.15) is 38.6 Å². The van der Waals surface area contributed by atoms with E-state index in [1.54, 1.807) is 13.0 Å². The molecule has 0 fully saturated rings. The van der Waals surface area contributed by atoms with Crippen LogP contribution in [0.25, 0.3) is 5.13 Å². The third-order valence-electron chi connectivity index (χ3n) is 4.50. The van der Waals surface area contributed by atoms with Crippen molar-refractivity contribution in [3.8, 4) is 5.13 Å². The second-order valence-electron chi connectivity index (χ2n) is 6.85. The number of Topliss-reactive ketones (excluding diaryl/α,β-unsaturated/α-hetero) is 1. The van der Waals surface area contributed by atoms with Gasteiger partial charge in [0.25, 0.3) is 0 Å². The van der Waals surface area contributed by atoms with Crippen LogP contribution in [-0.2, 0) is 22.1 Å². The molecule has 9 heteroatoms. The van der Waals surface area contributed by atoms with Crippen molar-refractivity contribution in [2.75, 3.05) is 6.61 Å². The number of ketones is 1. The lowest BCUT2D eigenvalue weighted by Gasteiger charge is -2.09. The normalized spacial score (nSPS) is 11.5. The molecule has 0 spiro atoms. The molecule has 5 nitrogen and oxygen atoms in total. The van der Waals surface area contributed by atoms with E-state index >= 15 is 0 Å². The van der Waals surface area contributed by atoms with Gasteiger partial charge >= 0.3 is 12.1 Å². The van der Waals surface area contributed by atoms with Crippen LogP contribution >= 0.6 is 11.3 Å². The van der Waals surface area contributed by atoms with Crippen molar-refractivity contribution in [1.29, 1.82) is 0 Å². The van der Waals surface area contributed by atoms with Crippen molar-refractivity contribution in [2.24, 2.45) is 0 Å².